The number of nitrogens with one attached hydrogen (secondary N) is 1. The van der Waals surface area contributed by atoms with Crippen LogP contribution in [0.3, 0.4) is 0 Å². The predicted molar refractivity (Wildman–Crippen MR) is 117 cm³/mol. The Balaban J connectivity index is 1.72. The molecule has 0 bridgehead atoms. The normalized spacial score (nSPS) is 15.2. The number of carbonyl (C=O) groups excluding carboxylic acids is 2. The van der Waals surface area contributed by atoms with Crippen LogP contribution in [0, 0.1) is 0 Å². The number of pyridine rings is 2. The van der Waals surface area contributed by atoms with Gasteiger partial charge in [-0.25, -0.2) is 4.98 Å². The molecule has 8 nitrogen and oxygen atoms in total. The number of alkyl halides is 2. The van der Waals surface area contributed by atoms with Crippen LogP contribution in [0.5, 0.6) is 11.8 Å². The summed E-state index contributed by atoms with van der Waals surface area (Å²) in [6.07, 6.45) is 2.32. The van der Waals surface area contributed by atoms with Gasteiger partial charge in [0.1, 0.15) is 5.82 Å². The minimum absolute atomic E-state index is 0.0179. The lowest BCUT2D eigenvalue weighted by molar-refractivity contribution is -0.115. The van der Waals surface area contributed by atoms with Crippen molar-refractivity contribution in [1.82, 2.24) is 14.9 Å². The van der Waals surface area contributed by atoms with Gasteiger partial charge in [-0.15, -0.1) is 6.58 Å². The highest BCUT2D eigenvalue weighted by molar-refractivity contribution is 5.96. The summed E-state index contributed by atoms with van der Waals surface area (Å²) in [5.41, 5.74) is 0.598. The molecule has 2 aromatic rings. The van der Waals surface area contributed by atoms with E-state index in [-0.39, 0.29) is 47.9 Å². The second-order valence-corrected chi connectivity index (χ2v) is 7.51. The summed E-state index contributed by atoms with van der Waals surface area (Å²) in [5, 5.41) is 2.60. The van der Waals surface area contributed by atoms with Gasteiger partial charge < -0.3 is 14.8 Å². The molecule has 2 aromatic heterocycles. The Morgan fingerprint density at radius 2 is 2.15 bits per heavy atom. The minimum atomic E-state index is -3.18. The molecule has 0 radical (unpaired) electrons. The van der Waals surface area contributed by atoms with Gasteiger partial charge >= 0.3 is 5.92 Å². The molecule has 174 valence electrons. The lowest BCUT2D eigenvalue weighted by atomic mass is 10.1. The van der Waals surface area contributed by atoms with Crippen molar-refractivity contribution < 1.29 is 27.8 Å². The first kappa shape index (κ1) is 23.8. The molecule has 3 rings (SSSR count). The van der Waals surface area contributed by atoms with Crippen molar-refractivity contribution in [2.75, 3.05) is 11.9 Å². The van der Waals surface area contributed by atoms with Gasteiger partial charge in [0.25, 0.3) is 5.91 Å². The minimum Gasteiger partial charge on any atom is -0.471 e. The zero-order chi connectivity index (χ0) is 24.2. The molecule has 2 amide bonds. The molecule has 0 saturated heterocycles. The molecule has 0 fully saturated rings. The van der Waals surface area contributed by atoms with Gasteiger partial charge in [-0.3, -0.25) is 14.5 Å². The summed E-state index contributed by atoms with van der Waals surface area (Å²) in [6.45, 7) is 8.95. The molecule has 1 atom stereocenters. The van der Waals surface area contributed by atoms with Crippen LogP contribution in [0.25, 0.3) is 0 Å². The standard InChI is InChI=1S/C23H24F2N4O4/c1-5-6-19(30)27-18-11-16(9-10-26-18)22(31)29-12-17-7-8-20(28-21(17)33-15(29)4)32-13-23(24,25)14(2)3/h5,7-11,15H,1-2,6,12-13H2,3-4H3,(H,26,27,30). The van der Waals surface area contributed by atoms with E-state index in [2.05, 4.69) is 28.4 Å². The quantitative estimate of drug-likeness (QED) is 0.602. The van der Waals surface area contributed by atoms with Crippen LogP contribution in [0.4, 0.5) is 14.6 Å². The Morgan fingerprint density at radius 1 is 1.39 bits per heavy atom. The van der Waals surface area contributed by atoms with Crippen LogP contribution in [-0.4, -0.2) is 45.4 Å². The van der Waals surface area contributed by atoms with Crippen molar-refractivity contribution in [3.63, 3.8) is 0 Å². The number of halogens is 2. The van der Waals surface area contributed by atoms with Crippen LogP contribution < -0.4 is 14.8 Å². The van der Waals surface area contributed by atoms with Crippen LogP contribution >= 0.6 is 0 Å². The fourth-order valence-corrected chi connectivity index (χ4v) is 2.94. The van der Waals surface area contributed by atoms with Gasteiger partial charge in [-0.2, -0.15) is 13.8 Å². The molecule has 0 spiro atoms. The van der Waals surface area contributed by atoms with Gasteiger partial charge in [0.2, 0.25) is 17.7 Å². The molecule has 33 heavy (non-hydrogen) atoms. The first-order valence-electron chi connectivity index (χ1n) is 10.1. The summed E-state index contributed by atoms with van der Waals surface area (Å²) in [6, 6.07) is 6.05. The monoisotopic (exact) mass is 458 g/mol. The number of hydrogen-bond acceptors (Lipinski definition) is 6. The number of rotatable bonds is 8. The van der Waals surface area contributed by atoms with Gasteiger partial charge in [-0.05, 0) is 37.6 Å². The average Bonchev–Trinajstić information content (AvgIpc) is 2.77. The SMILES string of the molecule is C=CCC(=O)Nc1cc(C(=O)N2Cc3ccc(OCC(F)(F)C(=C)C)nc3OC2C)ccn1. The van der Waals surface area contributed by atoms with Gasteiger partial charge in [0, 0.05) is 29.8 Å². The highest BCUT2D eigenvalue weighted by Crippen LogP contribution is 2.30. The largest absolute Gasteiger partial charge is 0.471 e. The Hall–Kier alpha value is -3.82. The van der Waals surface area contributed by atoms with E-state index in [0.29, 0.717) is 11.1 Å². The van der Waals surface area contributed by atoms with Crippen LogP contribution in [-0.2, 0) is 11.3 Å². The van der Waals surface area contributed by atoms with Crippen molar-refractivity contribution in [3.05, 3.63) is 66.4 Å². The van der Waals surface area contributed by atoms with Crippen LogP contribution in [0.15, 0.2) is 55.3 Å². The Kier molecular flexibility index (Phi) is 7.05. The maximum atomic E-state index is 13.7. The molecule has 1 unspecified atom stereocenters. The van der Waals surface area contributed by atoms with E-state index in [9.17, 15) is 18.4 Å². The molecule has 1 N–H and O–H groups in total. The van der Waals surface area contributed by atoms with E-state index in [4.69, 9.17) is 9.47 Å². The molecule has 1 aliphatic heterocycles. The summed E-state index contributed by atoms with van der Waals surface area (Å²) in [4.78, 5) is 34.5. The molecule has 0 aromatic carbocycles. The fraction of sp³-hybridized carbons (Fsp3) is 0.304. The number of hydrogen-bond donors (Lipinski definition) is 1. The molecular weight excluding hydrogens is 434 g/mol. The van der Waals surface area contributed by atoms with Crippen molar-refractivity contribution in [2.45, 2.75) is 39.0 Å². The second kappa shape index (κ2) is 9.76. The summed E-state index contributed by atoms with van der Waals surface area (Å²) in [7, 11) is 0. The maximum Gasteiger partial charge on any atom is 0.302 e. The third-order valence-electron chi connectivity index (χ3n) is 4.87. The highest BCUT2D eigenvalue weighted by Gasteiger charge is 2.33. The zero-order valence-electron chi connectivity index (χ0n) is 18.3. The van der Waals surface area contributed by atoms with Crippen molar-refractivity contribution in [3.8, 4) is 11.8 Å². The molecule has 0 aliphatic carbocycles. The van der Waals surface area contributed by atoms with Crippen molar-refractivity contribution >= 4 is 17.6 Å². The third-order valence-corrected chi connectivity index (χ3v) is 4.87. The maximum absolute atomic E-state index is 13.7. The second-order valence-electron chi connectivity index (χ2n) is 7.51. The van der Waals surface area contributed by atoms with Gasteiger partial charge in [-0.1, -0.05) is 12.7 Å². The molecule has 10 heteroatoms. The molecular formula is C23H24F2N4O4. The van der Waals surface area contributed by atoms with Crippen molar-refractivity contribution in [2.24, 2.45) is 0 Å². The van der Waals surface area contributed by atoms with Crippen LogP contribution in [0.1, 0.15) is 36.2 Å². The number of fused-ring (bicyclic) bond motifs is 1. The lowest BCUT2D eigenvalue weighted by Gasteiger charge is -2.34. The summed E-state index contributed by atoms with van der Waals surface area (Å²) < 4.78 is 38.3. The fourth-order valence-electron chi connectivity index (χ4n) is 2.94. The summed E-state index contributed by atoms with van der Waals surface area (Å²) >= 11 is 0. The van der Waals surface area contributed by atoms with E-state index in [1.54, 1.807) is 13.0 Å². The Morgan fingerprint density at radius 3 is 2.85 bits per heavy atom. The Labute approximate surface area is 189 Å². The Bertz CT molecular complexity index is 1090. The number of ether oxygens (including phenoxy) is 2. The molecule has 0 saturated carbocycles. The number of anilines is 1. The van der Waals surface area contributed by atoms with E-state index < -0.39 is 18.8 Å². The van der Waals surface area contributed by atoms with Gasteiger partial charge in [0.05, 0.1) is 6.54 Å². The smallest absolute Gasteiger partial charge is 0.302 e. The molecule has 3 heterocycles. The third kappa shape index (κ3) is 5.71. The topological polar surface area (TPSA) is 93.7 Å². The zero-order valence-corrected chi connectivity index (χ0v) is 18.3. The van der Waals surface area contributed by atoms with E-state index in [0.717, 1.165) is 0 Å². The van der Waals surface area contributed by atoms with E-state index >= 15 is 0 Å². The average molecular weight is 458 g/mol. The first-order chi connectivity index (χ1) is 15.6. The van der Waals surface area contributed by atoms with Crippen LogP contribution in [0.2, 0.25) is 0 Å². The number of carbonyl (C=O) groups is 2. The van der Waals surface area contributed by atoms with E-state index in [1.165, 1.54) is 42.3 Å². The predicted octanol–water partition coefficient (Wildman–Crippen LogP) is 3.96. The van der Waals surface area contributed by atoms with E-state index in [1.807, 2.05) is 0 Å². The van der Waals surface area contributed by atoms with Gasteiger partial charge in [0.15, 0.2) is 12.8 Å². The first-order valence-corrected chi connectivity index (χ1v) is 10.1. The summed E-state index contributed by atoms with van der Waals surface area (Å²) in [5.74, 6) is -3.38. The number of nitrogens with zero attached hydrogens (tertiary/aromatic N) is 3. The number of aromatic nitrogens is 2. The van der Waals surface area contributed by atoms with Crippen molar-refractivity contribution in [1.29, 1.82) is 0 Å². The highest BCUT2D eigenvalue weighted by atomic mass is 19.3. The lowest BCUT2D eigenvalue weighted by Crippen LogP contribution is -2.44. The molecule has 1 aliphatic rings. The number of amides is 2.